The highest BCUT2D eigenvalue weighted by Crippen LogP contribution is 2.31. The van der Waals surface area contributed by atoms with Crippen LogP contribution in [0.4, 0.5) is 11.4 Å². The topological polar surface area (TPSA) is 95.7 Å². The summed E-state index contributed by atoms with van der Waals surface area (Å²) in [6, 6.07) is 3.31. The number of halogens is 1. The standard InChI is InChI=1S/C11H12ClN3O4/c12-8-5-7(15(18)19)1-2-9(8)14-4-3-13-6-10(14)11(16)17/h1-2,5,10,13H,3-4,6H2,(H,16,17). The zero-order chi connectivity index (χ0) is 14.0. The Morgan fingerprint density at radius 1 is 1.58 bits per heavy atom. The quantitative estimate of drug-likeness (QED) is 0.638. The molecule has 8 heteroatoms. The summed E-state index contributed by atoms with van der Waals surface area (Å²) in [5, 5.41) is 23.0. The molecule has 0 aromatic heterocycles. The zero-order valence-corrected chi connectivity index (χ0v) is 10.6. The highest BCUT2D eigenvalue weighted by atomic mass is 35.5. The second-order valence-corrected chi connectivity index (χ2v) is 4.55. The predicted octanol–water partition coefficient (Wildman–Crippen LogP) is 1.11. The van der Waals surface area contributed by atoms with Crippen molar-refractivity contribution in [2.24, 2.45) is 0 Å². The number of carboxylic acid groups (broad SMARTS) is 1. The zero-order valence-electron chi connectivity index (χ0n) is 9.88. The second kappa shape index (κ2) is 5.41. The minimum atomic E-state index is -0.957. The molecule has 1 aliphatic rings. The third-order valence-electron chi connectivity index (χ3n) is 2.98. The minimum Gasteiger partial charge on any atom is -0.480 e. The van der Waals surface area contributed by atoms with Gasteiger partial charge < -0.3 is 15.3 Å². The van der Waals surface area contributed by atoms with Crippen LogP contribution in [0.2, 0.25) is 5.02 Å². The smallest absolute Gasteiger partial charge is 0.327 e. The Morgan fingerprint density at radius 2 is 2.32 bits per heavy atom. The molecule has 0 aliphatic carbocycles. The van der Waals surface area contributed by atoms with E-state index in [2.05, 4.69) is 5.32 Å². The number of non-ortho nitro benzene ring substituents is 1. The number of benzene rings is 1. The van der Waals surface area contributed by atoms with Crippen LogP contribution in [-0.4, -0.2) is 41.7 Å². The molecular formula is C11H12ClN3O4. The number of hydrogen-bond acceptors (Lipinski definition) is 5. The summed E-state index contributed by atoms with van der Waals surface area (Å²) >= 11 is 6.02. The Labute approximate surface area is 113 Å². The molecule has 2 N–H and O–H groups in total. The van der Waals surface area contributed by atoms with E-state index in [1.807, 2.05) is 0 Å². The number of rotatable bonds is 3. The van der Waals surface area contributed by atoms with Crippen molar-refractivity contribution in [3.63, 3.8) is 0 Å². The van der Waals surface area contributed by atoms with Gasteiger partial charge in [-0.05, 0) is 6.07 Å². The number of nitro groups is 1. The van der Waals surface area contributed by atoms with E-state index < -0.39 is 16.9 Å². The lowest BCUT2D eigenvalue weighted by molar-refractivity contribution is -0.384. The molecule has 1 aromatic rings. The first kappa shape index (κ1) is 13.6. The van der Waals surface area contributed by atoms with Gasteiger partial charge in [0.2, 0.25) is 0 Å². The first-order valence-electron chi connectivity index (χ1n) is 5.65. The highest BCUT2D eigenvalue weighted by Gasteiger charge is 2.30. The van der Waals surface area contributed by atoms with Crippen LogP contribution in [-0.2, 0) is 4.79 Å². The molecule has 1 aromatic carbocycles. The van der Waals surface area contributed by atoms with E-state index in [1.165, 1.54) is 18.2 Å². The van der Waals surface area contributed by atoms with Crippen LogP contribution in [0.3, 0.4) is 0 Å². The van der Waals surface area contributed by atoms with Gasteiger partial charge in [0.15, 0.2) is 0 Å². The van der Waals surface area contributed by atoms with Gasteiger partial charge in [0.1, 0.15) is 6.04 Å². The van der Waals surface area contributed by atoms with E-state index in [0.29, 0.717) is 25.3 Å². The van der Waals surface area contributed by atoms with Crippen LogP contribution < -0.4 is 10.2 Å². The molecule has 0 saturated carbocycles. The second-order valence-electron chi connectivity index (χ2n) is 4.14. The number of anilines is 1. The van der Waals surface area contributed by atoms with Crippen molar-refractivity contribution in [1.29, 1.82) is 0 Å². The summed E-state index contributed by atoms with van der Waals surface area (Å²) in [5.41, 5.74) is 0.386. The van der Waals surface area contributed by atoms with Crippen molar-refractivity contribution in [2.75, 3.05) is 24.5 Å². The van der Waals surface area contributed by atoms with Crippen molar-refractivity contribution in [3.8, 4) is 0 Å². The molecule has 0 amide bonds. The molecule has 102 valence electrons. The monoisotopic (exact) mass is 285 g/mol. The van der Waals surface area contributed by atoms with Gasteiger partial charge in [0.25, 0.3) is 5.69 Å². The molecular weight excluding hydrogens is 274 g/mol. The van der Waals surface area contributed by atoms with E-state index in [4.69, 9.17) is 11.6 Å². The highest BCUT2D eigenvalue weighted by molar-refractivity contribution is 6.33. The molecule has 0 spiro atoms. The van der Waals surface area contributed by atoms with Gasteiger partial charge in [-0.3, -0.25) is 10.1 Å². The molecule has 0 bridgehead atoms. The summed E-state index contributed by atoms with van der Waals surface area (Å²) in [4.78, 5) is 22.9. The number of piperazine rings is 1. The number of carbonyl (C=O) groups is 1. The average Bonchev–Trinajstić information content (AvgIpc) is 2.38. The lowest BCUT2D eigenvalue weighted by Crippen LogP contribution is -2.55. The van der Waals surface area contributed by atoms with Crippen LogP contribution in [0.1, 0.15) is 0 Å². The number of nitrogens with zero attached hydrogens (tertiary/aromatic N) is 2. The van der Waals surface area contributed by atoms with Crippen molar-refractivity contribution in [3.05, 3.63) is 33.3 Å². The average molecular weight is 286 g/mol. The van der Waals surface area contributed by atoms with Gasteiger partial charge in [-0.2, -0.15) is 0 Å². The molecule has 19 heavy (non-hydrogen) atoms. The van der Waals surface area contributed by atoms with Crippen LogP contribution in [0.5, 0.6) is 0 Å². The Balaban J connectivity index is 2.34. The number of nitro benzene ring substituents is 1. The van der Waals surface area contributed by atoms with E-state index in [9.17, 15) is 20.0 Å². The lowest BCUT2D eigenvalue weighted by Gasteiger charge is -2.35. The Morgan fingerprint density at radius 3 is 2.89 bits per heavy atom. The van der Waals surface area contributed by atoms with Crippen molar-refractivity contribution < 1.29 is 14.8 Å². The summed E-state index contributed by atoms with van der Waals surface area (Å²) in [6.45, 7) is 1.42. The molecule has 7 nitrogen and oxygen atoms in total. The Kier molecular flexibility index (Phi) is 3.87. The largest absolute Gasteiger partial charge is 0.480 e. The van der Waals surface area contributed by atoms with Gasteiger partial charge in [0.05, 0.1) is 15.6 Å². The van der Waals surface area contributed by atoms with Crippen LogP contribution in [0.25, 0.3) is 0 Å². The maximum Gasteiger partial charge on any atom is 0.327 e. The predicted molar refractivity (Wildman–Crippen MR) is 69.7 cm³/mol. The van der Waals surface area contributed by atoms with Gasteiger partial charge in [-0.15, -0.1) is 0 Å². The third kappa shape index (κ3) is 2.77. The van der Waals surface area contributed by atoms with Gasteiger partial charge in [-0.1, -0.05) is 11.6 Å². The van der Waals surface area contributed by atoms with E-state index in [-0.39, 0.29) is 10.7 Å². The molecule has 1 unspecified atom stereocenters. The summed E-state index contributed by atoms with van der Waals surface area (Å²) in [6.07, 6.45) is 0. The van der Waals surface area contributed by atoms with Gasteiger partial charge >= 0.3 is 5.97 Å². The Hall–Kier alpha value is -1.86. The molecule has 1 heterocycles. The fourth-order valence-electron chi connectivity index (χ4n) is 2.06. The van der Waals surface area contributed by atoms with Crippen LogP contribution in [0.15, 0.2) is 18.2 Å². The van der Waals surface area contributed by atoms with Crippen molar-refractivity contribution in [1.82, 2.24) is 5.32 Å². The van der Waals surface area contributed by atoms with Gasteiger partial charge in [0, 0.05) is 31.8 Å². The fourth-order valence-corrected chi connectivity index (χ4v) is 2.34. The number of carboxylic acids is 1. The lowest BCUT2D eigenvalue weighted by atomic mass is 10.1. The summed E-state index contributed by atoms with van der Waals surface area (Å²) in [5.74, 6) is -0.957. The number of nitrogens with one attached hydrogen (secondary N) is 1. The summed E-state index contributed by atoms with van der Waals surface area (Å²) in [7, 11) is 0. The maximum atomic E-state index is 11.2. The number of hydrogen-bond donors (Lipinski definition) is 2. The maximum absolute atomic E-state index is 11.2. The van der Waals surface area contributed by atoms with Crippen LogP contribution in [0, 0.1) is 10.1 Å². The molecule has 0 radical (unpaired) electrons. The van der Waals surface area contributed by atoms with E-state index >= 15 is 0 Å². The number of aliphatic carboxylic acids is 1. The van der Waals surface area contributed by atoms with Crippen molar-refractivity contribution >= 4 is 28.9 Å². The Bertz CT molecular complexity index is 523. The van der Waals surface area contributed by atoms with E-state index in [1.54, 1.807) is 4.90 Å². The van der Waals surface area contributed by atoms with E-state index in [0.717, 1.165) is 0 Å². The van der Waals surface area contributed by atoms with Crippen molar-refractivity contribution in [2.45, 2.75) is 6.04 Å². The fraction of sp³-hybridized carbons (Fsp3) is 0.364. The normalized spacial score (nSPS) is 19.2. The molecule has 1 saturated heterocycles. The van der Waals surface area contributed by atoms with Crippen LogP contribution >= 0.6 is 11.6 Å². The molecule has 1 aliphatic heterocycles. The minimum absolute atomic E-state index is 0.115. The first-order valence-corrected chi connectivity index (χ1v) is 6.02. The molecule has 2 rings (SSSR count). The third-order valence-corrected chi connectivity index (χ3v) is 3.28. The molecule has 1 fully saturated rings. The summed E-state index contributed by atoms with van der Waals surface area (Å²) < 4.78 is 0. The first-order chi connectivity index (χ1) is 9.00. The molecule has 1 atom stereocenters. The SMILES string of the molecule is O=C(O)C1CNCCN1c1ccc([N+](=O)[O-])cc1Cl. The van der Waals surface area contributed by atoms with Gasteiger partial charge in [-0.25, -0.2) is 4.79 Å².